The van der Waals surface area contributed by atoms with Crippen LogP contribution in [0.3, 0.4) is 0 Å². The minimum Gasteiger partial charge on any atom is -0.490 e. The molecular weight excluding hydrogens is 698 g/mol. The van der Waals surface area contributed by atoms with E-state index in [0.717, 1.165) is 16.9 Å². The first-order valence-corrected chi connectivity index (χ1v) is 16.6. The predicted molar refractivity (Wildman–Crippen MR) is 183 cm³/mol. The number of fused-ring (bicyclic) bond motifs is 1. The molecule has 0 saturated carbocycles. The molecule has 256 valence electrons. The predicted octanol–water partition coefficient (Wildman–Crippen LogP) is 5.77. The topological polar surface area (TPSA) is 115 Å². The van der Waals surface area contributed by atoms with Crippen molar-refractivity contribution in [2.75, 3.05) is 26.9 Å². The number of thiazole rings is 1. The summed E-state index contributed by atoms with van der Waals surface area (Å²) in [6.45, 7) is 5.32. The van der Waals surface area contributed by atoms with Crippen molar-refractivity contribution in [3.05, 3.63) is 118 Å². The Kier molecular flexibility index (Phi) is 11.4. The van der Waals surface area contributed by atoms with Crippen LogP contribution in [0.4, 0.5) is 4.39 Å². The highest BCUT2D eigenvalue weighted by molar-refractivity contribution is 7.07. The van der Waals surface area contributed by atoms with Crippen molar-refractivity contribution in [2.45, 2.75) is 33.4 Å². The fourth-order valence-corrected chi connectivity index (χ4v) is 6.73. The molecule has 3 aromatic carbocycles. The van der Waals surface area contributed by atoms with Crippen molar-refractivity contribution in [3.63, 3.8) is 0 Å². The number of carbonyl (C=O) groups is 2. The Morgan fingerprint density at radius 3 is 2.35 bits per heavy atom. The van der Waals surface area contributed by atoms with Crippen LogP contribution in [0.25, 0.3) is 6.08 Å². The smallest absolute Gasteiger partial charge is 0.343 e. The quantitative estimate of drug-likeness (QED) is 0.169. The van der Waals surface area contributed by atoms with Crippen molar-refractivity contribution in [3.8, 4) is 17.2 Å². The zero-order valence-electron chi connectivity index (χ0n) is 26.9. The number of benzene rings is 3. The zero-order chi connectivity index (χ0) is 35.2. The first kappa shape index (κ1) is 35.7. The Morgan fingerprint density at radius 2 is 1.69 bits per heavy atom. The van der Waals surface area contributed by atoms with Gasteiger partial charge in [-0.15, -0.1) is 0 Å². The Bertz CT molecular complexity index is 2090. The van der Waals surface area contributed by atoms with E-state index in [2.05, 4.69) is 9.73 Å². The number of esters is 2. The summed E-state index contributed by atoms with van der Waals surface area (Å²) in [5.74, 6) is -0.734. The Labute approximate surface area is 294 Å². The number of carbonyl (C=O) groups excluding carboxylic acids is 2. The van der Waals surface area contributed by atoms with Crippen LogP contribution >= 0.6 is 34.5 Å². The van der Waals surface area contributed by atoms with Gasteiger partial charge in [0.25, 0.3) is 5.56 Å². The third-order valence-corrected chi connectivity index (χ3v) is 8.83. The molecule has 0 saturated heterocycles. The first-order chi connectivity index (χ1) is 23.5. The second-order valence-electron chi connectivity index (χ2n) is 10.5. The van der Waals surface area contributed by atoms with Gasteiger partial charge in [0.15, 0.2) is 28.7 Å². The molecule has 1 aliphatic heterocycles. The molecule has 5 rings (SSSR count). The summed E-state index contributed by atoms with van der Waals surface area (Å²) >= 11 is 14.2. The van der Waals surface area contributed by atoms with Crippen molar-refractivity contribution in [1.29, 1.82) is 0 Å². The van der Waals surface area contributed by atoms with Crippen LogP contribution in [-0.2, 0) is 25.7 Å². The van der Waals surface area contributed by atoms with Gasteiger partial charge in [-0.1, -0.05) is 52.7 Å². The third-order valence-electron chi connectivity index (χ3n) is 7.29. The van der Waals surface area contributed by atoms with Gasteiger partial charge in [0.05, 0.1) is 52.2 Å². The SMILES string of the molecule is CCOC(=O)C1=C(C)N=c2s/c(=C\c3cc(Cl)c(OCc4ccc(F)cc4)c(Cl)c3)c(=O)n2[C@H]1c1ccc(OCC(=O)OC)c(OCC)c1. The molecule has 0 N–H and O–H groups in total. The summed E-state index contributed by atoms with van der Waals surface area (Å²) in [6.07, 6.45) is 1.63. The van der Waals surface area contributed by atoms with Crippen LogP contribution in [0, 0.1) is 5.82 Å². The number of nitrogens with zero attached hydrogens (tertiary/aromatic N) is 2. The maximum atomic E-state index is 14.1. The first-order valence-electron chi connectivity index (χ1n) is 15.1. The van der Waals surface area contributed by atoms with Crippen LogP contribution in [0.5, 0.6) is 17.2 Å². The van der Waals surface area contributed by atoms with Gasteiger partial charge in [-0.3, -0.25) is 9.36 Å². The van der Waals surface area contributed by atoms with E-state index in [9.17, 15) is 18.8 Å². The highest BCUT2D eigenvalue weighted by Crippen LogP contribution is 2.37. The summed E-state index contributed by atoms with van der Waals surface area (Å²) in [6, 6.07) is 13.1. The lowest BCUT2D eigenvalue weighted by Gasteiger charge is -2.25. The fraction of sp³-hybridized carbons (Fsp3) is 0.257. The van der Waals surface area contributed by atoms with Gasteiger partial charge in [0.2, 0.25) is 0 Å². The minimum absolute atomic E-state index is 0.113. The molecule has 2 heterocycles. The van der Waals surface area contributed by atoms with E-state index in [1.807, 2.05) is 0 Å². The maximum Gasteiger partial charge on any atom is 0.343 e. The molecule has 0 unspecified atom stereocenters. The van der Waals surface area contributed by atoms with Gasteiger partial charge < -0.3 is 23.7 Å². The van der Waals surface area contributed by atoms with Crippen LogP contribution in [0.15, 0.2) is 75.7 Å². The van der Waals surface area contributed by atoms with E-state index < -0.39 is 23.5 Å². The second kappa shape index (κ2) is 15.7. The Balaban J connectivity index is 1.56. The lowest BCUT2D eigenvalue weighted by atomic mass is 9.95. The molecule has 10 nitrogen and oxygen atoms in total. The molecule has 1 aliphatic rings. The Morgan fingerprint density at radius 1 is 0.980 bits per heavy atom. The third kappa shape index (κ3) is 7.98. The van der Waals surface area contributed by atoms with Gasteiger partial charge in [0, 0.05) is 0 Å². The normalized spacial score (nSPS) is 14.2. The fourth-order valence-electron chi connectivity index (χ4n) is 5.07. The lowest BCUT2D eigenvalue weighted by molar-refractivity contribution is -0.143. The molecule has 1 aromatic heterocycles. The number of halogens is 3. The van der Waals surface area contributed by atoms with E-state index in [-0.39, 0.29) is 59.4 Å². The maximum absolute atomic E-state index is 14.1. The summed E-state index contributed by atoms with van der Waals surface area (Å²) in [5, 5.41) is 0.426. The number of allylic oxidation sites excluding steroid dienone is 1. The van der Waals surface area contributed by atoms with Gasteiger partial charge in [-0.05, 0) is 79.9 Å². The van der Waals surface area contributed by atoms with E-state index in [1.165, 1.54) is 23.8 Å². The molecule has 0 radical (unpaired) electrons. The van der Waals surface area contributed by atoms with Crippen molar-refractivity contribution in [1.82, 2.24) is 4.57 Å². The minimum atomic E-state index is -0.930. The standard InChI is InChI=1S/C35H31Cl2FN2O8S/c1-5-45-27-16-22(9-12-26(27)47-18-29(41)44-4)31-30(34(43)46-6-2)19(3)39-35-40(31)33(42)28(49-35)15-21-13-24(36)32(25(37)14-21)48-17-20-7-10-23(38)11-8-20/h7-16,31H,5-6,17-18H2,1-4H3/b28-15-/t31-/m0/s1. The summed E-state index contributed by atoms with van der Waals surface area (Å²) in [7, 11) is 1.25. The van der Waals surface area contributed by atoms with E-state index in [0.29, 0.717) is 31.9 Å². The molecule has 0 fully saturated rings. The molecule has 0 bridgehead atoms. The van der Waals surface area contributed by atoms with Gasteiger partial charge in [-0.25, -0.2) is 19.0 Å². The van der Waals surface area contributed by atoms with Gasteiger partial charge in [0.1, 0.15) is 12.4 Å². The molecule has 0 spiro atoms. The number of aromatic nitrogens is 1. The average Bonchev–Trinajstić information content (AvgIpc) is 3.37. The second-order valence-corrected chi connectivity index (χ2v) is 12.4. The largest absolute Gasteiger partial charge is 0.490 e. The number of hydrogen-bond donors (Lipinski definition) is 0. The highest BCUT2D eigenvalue weighted by Gasteiger charge is 2.34. The molecule has 49 heavy (non-hydrogen) atoms. The molecule has 14 heteroatoms. The summed E-state index contributed by atoms with van der Waals surface area (Å²) in [4.78, 5) is 44.1. The number of ether oxygens (including phenoxy) is 5. The lowest BCUT2D eigenvalue weighted by Crippen LogP contribution is -2.40. The molecule has 4 aromatic rings. The monoisotopic (exact) mass is 728 g/mol. The number of hydrogen-bond acceptors (Lipinski definition) is 10. The molecule has 0 aliphatic carbocycles. The van der Waals surface area contributed by atoms with E-state index >= 15 is 0 Å². The Hall–Kier alpha value is -4.65. The summed E-state index contributed by atoms with van der Waals surface area (Å²) < 4.78 is 42.3. The van der Waals surface area contributed by atoms with Gasteiger partial charge >= 0.3 is 11.9 Å². The van der Waals surface area contributed by atoms with Crippen LogP contribution in [-0.4, -0.2) is 43.4 Å². The number of methoxy groups -OCH3 is 1. The molecule has 1 atom stereocenters. The highest BCUT2D eigenvalue weighted by atomic mass is 35.5. The van der Waals surface area contributed by atoms with Crippen LogP contribution in [0.2, 0.25) is 10.0 Å². The number of rotatable bonds is 12. The van der Waals surface area contributed by atoms with Gasteiger partial charge in [-0.2, -0.15) is 0 Å². The average molecular weight is 730 g/mol. The van der Waals surface area contributed by atoms with E-state index in [1.54, 1.807) is 69.3 Å². The molecular formula is C35H31Cl2FN2O8S. The van der Waals surface area contributed by atoms with Crippen molar-refractivity contribution < 1.29 is 37.7 Å². The van der Waals surface area contributed by atoms with Crippen molar-refractivity contribution >= 4 is 52.6 Å². The summed E-state index contributed by atoms with van der Waals surface area (Å²) in [5.41, 5.74) is 1.92. The van der Waals surface area contributed by atoms with Crippen LogP contribution in [0.1, 0.15) is 43.5 Å². The van der Waals surface area contributed by atoms with Crippen LogP contribution < -0.4 is 29.1 Å². The zero-order valence-corrected chi connectivity index (χ0v) is 29.2. The van der Waals surface area contributed by atoms with E-state index in [4.69, 9.17) is 42.1 Å². The van der Waals surface area contributed by atoms with Crippen molar-refractivity contribution in [2.24, 2.45) is 4.99 Å². The molecule has 0 amide bonds.